The number of carboxylic acid groups (broad SMARTS) is 8. The summed E-state index contributed by atoms with van der Waals surface area (Å²) in [5.74, 6) is -22.0. The van der Waals surface area contributed by atoms with Gasteiger partial charge in [0.25, 0.3) is 0 Å². The first-order valence-corrected chi connectivity index (χ1v) is 38.1. The molecule has 2 aliphatic rings. The van der Waals surface area contributed by atoms with Gasteiger partial charge in [-0.15, -0.1) is 0 Å². The van der Waals surface area contributed by atoms with Crippen LogP contribution in [-0.2, 0) is 57.5 Å². The highest BCUT2D eigenvalue weighted by Crippen LogP contribution is 2.42. The monoisotopic (exact) mass is 1670 g/mol. The summed E-state index contributed by atoms with van der Waals surface area (Å²) in [4.78, 5) is 173. The Morgan fingerprint density at radius 3 is 0.556 bits per heavy atom. The number of nitrogens with one attached hydrogen (secondary N) is 6. The minimum atomic E-state index is -1.86. The zero-order valence-corrected chi connectivity index (χ0v) is 64.7. The molecule has 0 radical (unpaired) electrons. The molecule has 0 saturated carbocycles. The highest BCUT2D eigenvalue weighted by atomic mass is 16.4. The summed E-state index contributed by atoms with van der Waals surface area (Å²) >= 11 is 0. The third-order valence-corrected chi connectivity index (χ3v) is 20.8. The number of rotatable bonds is 32. The summed E-state index contributed by atoms with van der Waals surface area (Å²) in [6, 6.07) is 47.8. The predicted molar refractivity (Wildman–Crippen MR) is 448 cm³/mol. The fourth-order valence-electron chi connectivity index (χ4n) is 15.0. The Bertz CT molecular complexity index is 5550. The number of aromatic nitrogens is 4. The fraction of sp³-hybridized carbons (Fsp3) is 0.130. The molecule has 4 amide bonds. The summed E-state index contributed by atoms with van der Waals surface area (Å²) in [5.41, 5.74) is 8.34. The topological polar surface area (TPSA) is 553 Å². The smallest absolute Gasteiger partial charge is 0.326 e. The van der Waals surface area contributed by atoms with Crippen molar-refractivity contribution >= 4 is 118 Å². The van der Waals surface area contributed by atoms with E-state index in [0.717, 1.165) is 0 Å². The highest BCUT2D eigenvalue weighted by molar-refractivity contribution is 6.02. The number of fused-ring (bicyclic) bond motifs is 8. The number of carbonyl (C=O) groups is 12. The van der Waals surface area contributed by atoms with E-state index in [-0.39, 0.29) is 67.5 Å². The van der Waals surface area contributed by atoms with Gasteiger partial charge in [-0.2, -0.15) is 0 Å². The van der Waals surface area contributed by atoms with Gasteiger partial charge in [-0.1, -0.05) is 146 Å². The van der Waals surface area contributed by atoms with Crippen LogP contribution in [0.25, 0.3) is 90.9 Å². The van der Waals surface area contributed by atoms with E-state index in [0.29, 0.717) is 89.4 Å². The van der Waals surface area contributed by atoms with Crippen LogP contribution in [0.2, 0.25) is 0 Å². The Hall–Kier alpha value is -16.8. The van der Waals surface area contributed by atoms with Crippen molar-refractivity contribution in [3.63, 3.8) is 0 Å². The summed E-state index contributed by atoms with van der Waals surface area (Å²) < 4.78 is 0. The molecule has 0 spiro atoms. The molecule has 13 rings (SSSR count). The lowest BCUT2D eigenvalue weighted by Crippen LogP contribution is -2.44. The molecule has 32 heteroatoms. The summed E-state index contributed by atoms with van der Waals surface area (Å²) in [5, 5.41) is 130. The van der Waals surface area contributed by atoms with Gasteiger partial charge in [-0.25, -0.2) is 29.1 Å². The van der Waals surface area contributed by atoms with Crippen molar-refractivity contribution in [3.8, 4) is 67.5 Å². The number of carboxylic acids is 8. The Balaban J connectivity index is 1.07. The van der Waals surface area contributed by atoms with Gasteiger partial charge in [0.1, 0.15) is 47.2 Å². The van der Waals surface area contributed by atoms with Crippen LogP contribution in [0, 0.1) is 0 Å². The van der Waals surface area contributed by atoms with Crippen molar-refractivity contribution < 1.29 is 119 Å². The molecule has 11 aromatic rings. The van der Waals surface area contributed by atoms with E-state index in [9.17, 15) is 119 Å². The van der Waals surface area contributed by atoms with E-state index in [2.05, 4.69) is 31.2 Å². The Morgan fingerprint density at radius 2 is 0.403 bits per heavy atom. The lowest BCUT2D eigenvalue weighted by atomic mass is 9.88. The first-order valence-electron chi connectivity index (χ1n) is 38.1. The third-order valence-electron chi connectivity index (χ3n) is 20.8. The van der Waals surface area contributed by atoms with Crippen molar-refractivity contribution in [2.45, 2.75) is 73.5 Å². The van der Waals surface area contributed by atoms with Gasteiger partial charge in [0.15, 0.2) is 0 Å². The van der Waals surface area contributed by atoms with E-state index in [1.54, 1.807) is 146 Å². The van der Waals surface area contributed by atoms with Crippen molar-refractivity contribution in [1.29, 1.82) is 0 Å². The molecule has 3 aromatic heterocycles. The van der Waals surface area contributed by atoms with Gasteiger partial charge in [0.2, 0.25) is 23.6 Å². The molecule has 0 fully saturated rings. The molecule has 8 aromatic carbocycles. The van der Waals surface area contributed by atoms with E-state index < -0.39 is 145 Å². The Kier molecular flexibility index (Phi) is 25.1. The van der Waals surface area contributed by atoms with Gasteiger partial charge >= 0.3 is 47.8 Å². The number of aromatic hydroxyl groups is 4. The van der Waals surface area contributed by atoms with Crippen LogP contribution in [0.4, 0.5) is 0 Å². The molecule has 32 nitrogen and oxygen atoms in total. The van der Waals surface area contributed by atoms with Gasteiger partial charge < -0.3 is 92.5 Å². The van der Waals surface area contributed by atoms with Gasteiger partial charge in [0, 0.05) is 44.3 Å². The number of aliphatic carboxylic acids is 8. The number of phenols is 4. The largest absolute Gasteiger partial charge is 0.508 e. The van der Waals surface area contributed by atoms with Crippen LogP contribution in [-0.4, -0.2) is 177 Å². The average molecular weight is 1680 g/mol. The first-order chi connectivity index (χ1) is 59.3. The summed E-state index contributed by atoms with van der Waals surface area (Å²) in [6.07, 6.45) is 3.04. The van der Waals surface area contributed by atoms with Crippen molar-refractivity contribution in [2.24, 2.45) is 0 Å². The van der Waals surface area contributed by atoms with Crippen LogP contribution >= 0.6 is 0 Å². The van der Waals surface area contributed by atoms with Crippen molar-refractivity contribution in [2.75, 3.05) is 0 Å². The molecular formula is C92H74N8O24. The molecule has 0 unspecified atom stereocenters. The molecule has 0 saturated heterocycles. The zero-order chi connectivity index (χ0) is 88.5. The SMILES string of the molecule is O=C(O)C[C@H](NC(=O)[C@H](c1ccc(O)cc1)c1ccc(-c2c3nc(c(-c4ccc([C@H](C(=O)N[C@@H](CC(=O)O)C(=O)O)c5ccc(O)cc5)cc4)c4ccc([nH]4)c(-c4ccc([C@H](C(=O)N[C@@H](CC(=O)O)C(=O)O)c5ccc(O)cc5)cc4)c4nc(c(-c5ccc([C@H](C(=O)N[C@@H](CC(=O)O)C(=O)O)c6ccc(O)cc6)cc5)c5ccc2[nH]5)C=C4)C=C3)cc1)C(=O)O. The fourth-order valence-corrected chi connectivity index (χ4v) is 15.0. The lowest BCUT2D eigenvalue weighted by molar-refractivity contribution is -0.147. The number of H-pyrrole nitrogens is 2. The number of hydrogen-bond donors (Lipinski definition) is 18. The maximum absolute atomic E-state index is 14.5. The standard InChI is InChI=1S/C92H74N8O24/c101-57-25-17-49(18-26-57)77(85(113)97-69(89(117)118)41-73(105)106)45-1-9-53(10-2-45)81-61-33-35-63(93-61)82(54-11-3-46(4-12-54)78(50-19-27-58(102)28-20-50)86(114)98-70(90(119)120)42-74(107)108)65-37-39-67(95-65)84(56-15-7-48(8-16-56)80(52-23-31-60(104)32-24-52)88(116)100-72(92(123)124)44-76(111)112)68-40-38-66(96-68)83(64-36-34-62(81)94-64)55-13-5-47(6-14-55)79(51-21-29-59(103)30-22-51)87(115)99-71(91(121)122)43-75(109)110/h1-40,69-72,77-80,93,96,101-104H,41-44H2,(H,97,113)(H,98,114)(H,99,115)(H,100,116)(H,105,106)(H,107,108)(H,109,110)(H,111,112)(H,117,118)(H,119,120)(H,121,122)(H,123,124)/t69-,70-,71-,72-,77-,78-,79-,80-/m0/s1. The number of hydrogen-bond acceptors (Lipinski definition) is 18. The van der Waals surface area contributed by atoms with Crippen LogP contribution in [0.1, 0.15) is 117 Å². The van der Waals surface area contributed by atoms with Crippen LogP contribution in [0.15, 0.2) is 218 Å². The molecule has 8 atom stereocenters. The molecule has 8 bridgehead atoms. The van der Waals surface area contributed by atoms with E-state index in [1.807, 2.05) is 0 Å². The molecule has 0 aliphatic carbocycles. The second kappa shape index (κ2) is 36.6. The Morgan fingerprint density at radius 1 is 0.242 bits per heavy atom. The van der Waals surface area contributed by atoms with Crippen LogP contribution in [0.3, 0.4) is 0 Å². The maximum atomic E-state index is 14.5. The minimum absolute atomic E-state index is 0.163. The number of amides is 4. The molecule has 124 heavy (non-hydrogen) atoms. The zero-order valence-electron chi connectivity index (χ0n) is 64.7. The molecule has 18 N–H and O–H groups in total. The number of benzene rings is 8. The predicted octanol–water partition coefficient (Wildman–Crippen LogP) is 10.8. The molecular weight excluding hydrogens is 1600 g/mol. The number of carbonyl (C=O) groups excluding carboxylic acids is 4. The highest BCUT2D eigenvalue weighted by Gasteiger charge is 2.36. The minimum Gasteiger partial charge on any atom is -0.508 e. The van der Waals surface area contributed by atoms with E-state index in [4.69, 9.17) is 9.97 Å². The summed E-state index contributed by atoms with van der Waals surface area (Å²) in [6.45, 7) is 0. The lowest BCUT2D eigenvalue weighted by Gasteiger charge is -2.21. The van der Waals surface area contributed by atoms with Crippen molar-refractivity contribution in [3.05, 3.63) is 286 Å². The second-order valence-electron chi connectivity index (χ2n) is 29.1. The molecule has 2 aliphatic heterocycles. The van der Waals surface area contributed by atoms with E-state index in [1.165, 1.54) is 97.1 Å². The van der Waals surface area contributed by atoms with E-state index >= 15 is 0 Å². The van der Waals surface area contributed by atoms with Crippen molar-refractivity contribution in [1.82, 2.24) is 41.2 Å². The molecule has 626 valence electrons. The van der Waals surface area contributed by atoms with Gasteiger partial charge in [0.05, 0.1) is 72.1 Å². The third kappa shape index (κ3) is 19.3. The first kappa shape index (κ1) is 85.1. The number of nitrogens with zero attached hydrogens (tertiary/aromatic N) is 2. The maximum Gasteiger partial charge on any atom is 0.326 e. The van der Waals surface area contributed by atoms with Gasteiger partial charge in [-0.05, 0) is 164 Å². The van der Waals surface area contributed by atoms with Crippen LogP contribution in [0.5, 0.6) is 23.0 Å². The normalized spacial score (nSPS) is 13.4. The quantitative estimate of drug-likeness (QED) is 0.0186. The van der Waals surface area contributed by atoms with Gasteiger partial charge in [-0.3, -0.25) is 38.4 Å². The second-order valence-corrected chi connectivity index (χ2v) is 29.1. The number of aromatic amines is 2. The molecule has 5 heterocycles. The number of phenolic OH excluding ortho intramolecular Hbond substituents is 4. The summed E-state index contributed by atoms with van der Waals surface area (Å²) in [7, 11) is 0. The Labute approximate surface area is 701 Å². The average Bonchev–Trinajstić information content (AvgIpc) is 1.60. The van der Waals surface area contributed by atoms with Crippen LogP contribution < -0.4 is 21.3 Å².